The highest BCUT2D eigenvalue weighted by molar-refractivity contribution is 5.97. The number of carbonyl (C=O) groups is 1. The van der Waals surface area contributed by atoms with Crippen LogP contribution in [0, 0.1) is 11.3 Å². The predicted octanol–water partition coefficient (Wildman–Crippen LogP) is 2.03. The van der Waals surface area contributed by atoms with Crippen molar-refractivity contribution >= 4 is 11.6 Å². The zero-order chi connectivity index (χ0) is 12.5. The second kappa shape index (κ2) is 7.07. The third-order valence-corrected chi connectivity index (χ3v) is 2.06. The first-order valence-electron chi connectivity index (χ1n) is 5.48. The SMILES string of the molecule is CCCNC(=O)/C(C#N)=C\Nc1ccccc1. The van der Waals surface area contributed by atoms with Crippen LogP contribution in [0.1, 0.15) is 13.3 Å². The van der Waals surface area contributed by atoms with E-state index in [4.69, 9.17) is 5.26 Å². The van der Waals surface area contributed by atoms with Crippen molar-refractivity contribution in [3.63, 3.8) is 0 Å². The molecule has 0 aliphatic heterocycles. The molecule has 4 nitrogen and oxygen atoms in total. The summed E-state index contributed by atoms with van der Waals surface area (Å²) >= 11 is 0. The molecule has 0 spiro atoms. The molecule has 0 aliphatic carbocycles. The molecule has 0 radical (unpaired) electrons. The number of nitrogens with one attached hydrogen (secondary N) is 2. The van der Waals surface area contributed by atoms with E-state index in [1.54, 1.807) is 0 Å². The molecule has 0 atom stereocenters. The number of nitrogens with zero attached hydrogens (tertiary/aromatic N) is 1. The van der Waals surface area contributed by atoms with Crippen molar-refractivity contribution in [1.82, 2.24) is 5.32 Å². The fraction of sp³-hybridized carbons (Fsp3) is 0.231. The van der Waals surface area contributed by atoms with Crippen molar-refractivity contribution in [3.05, 3.63) is 42.1 Å². The van der Waals surface area contributed by atoms with Crippen LogP contribution in [0.25, 0.3) is 0 Å². The molecule has 1 aromatic carbocycles. The Kier molecular flexibility index (Phi) is 5.32. The lowest BCUT2D eigenvalue weighted by Gasteiger charge is -2.03. The van der Waals surface area contributed by atoms with Crippen LogP contribution in [-0.4, -0.2) is 12.5 Å². The van der Waals surface area contributed by atoms with E-state index in [9.17, 15) is 4.79 Å². The number of rotatable bonds is 5. The van der Waals surface area contributed by atoms with Gasteiger partial charge in [-0.05, 0) is 18.6 Å². The standard InChI is InChI=1S/C13H15N3O/c1-2-8-15-13(17)11(9-14)10-16-12-6-4-3-5-7-12/h3-7,10,16H,2,8H2,1H3,(H,15,17)/b11-10-. The quantitative estimate of drug-likeness (QED) is 0.599. The lowest BCUT2D eigenvalue weighted by Crippen LogP contribution is -2.25. The Morgan fingerprint density at radius 1 is 1.41 bits per heavy atom. The molecular formula is C13H15N3O. The number of hydrogen-bond donors (Lipinski definition) is 2. The molecule has 0 aromatic heterocycles. The van der Waals surface area contributed by atoms with Crippen molar-refractivity contribution in [2.24, 2.45) is 0 Å². The van der Waals surface area contributed by atoms with Crippen LogP contribution in [0.2, 0.25) is 0 Å². The van der Waals surface area contributed by atoms with Crippen molar-refractivity contribution in [2.45, 2.75) is 13.3 Å². The molecule has 0 saturated heterocycles. The smallest absolute Gasteiger partial charge is 0.263 e. The predicted molar refractivity (Wildman–Crippen MR) is 67.1 cm³/mol. The minimum atomic E-state index is -0.349. The highest BCUT2D eigenvalue weighted by atomic mass is 16.1. The van der Waals surface area contributed by atoms with Gasteiger partial charge in [-0.3, -0.25) is 4.79 Å². The van der Waals surface area contributed by atoms with Crippen LogP contribution in [0.5, 0.6) is 0 Å². The molecule has 1 amide bonds. The Bertz CT molecular complexity index is 432. The van der Waals surface area contributed by atoms with E-state index in [0.29, 0.717) is 6.54 Å². The number of carbonyl (C=O) groups excluding carboxylic acids is 1. The van der Waals surface area contributed by atoms with Gasteiger partial charge in [-0.1, -0.05) is 25.1 Å². The van der Waals surface area contributed by atoms with Gasteiger partial charge in [0, 0.05) is 18.4 Å². The Labute approximate surface area is 101 Å². The fourth-order valence-corrected chi connectivity index (χ4v) is 1.17. The van der Waals surface area contributed by atoms with E-state index >= 15 is 0 Å². The zero-order valence-corrected chi connectivity index (χ0v) is 9.73. The summed E-state index contributed by atoms with van der Waals surface area (Å²) in [5, 5.41) is 14.4. The maximum Gasteiger partial charge on any atom is 0.263 e. The van der Waals surface area contributed by atoms with Crippen LogP contribution >= 0.6 is 0 Å². The van der Waals surface area contributed by atoms with E-state index in [0.717, 1.165) is 12.1 Å². The van der Waals surface area contributed by atoms with Gasteiger partial charge in [-0.2, -0.15) is 5.26 Å². The Morgan fingerprint density at radius 2 is 2.12 bits per heavy atom. The van der Waals surface area contributed by atoms with E-state index in [-0.39, 0.29) is 11.5 Å². The molecule has 0 bridgehead atoms. The van der Waals surface area contributed by atoms with Crippen molar-refractivity contribution in [3.8, 4) is 6.07 Å². The van der Waals surface area contributed by atoms with Crippen LogP contribution < -0.4 is 10.6 Å². The van der Waals surface area contributed by atoms with E-state index < -0.39 is 0 Å². The number of benzene rings is 1. The van der Waals surface area contributed by atoms with Gasteiger partial charge < -0.3 is 10.6 Å². The number of anilines is 1. The Balaban J connectivity index is 2.62. The number of hydrogen-bond acceptors (Lipinski definition) is 3. The first-order valence-corrected chi connectivity index (χ1v) is 5.48. The summed E-state index contributed by atoms with van der Waals surface area (Å²) in [6.45, 7) is 2.53. The van der Waals surface area contributed by atoms with E-state index in [2.05, 4.69) is 10.6 Å². The summed E-state index contributed by atoms with van der Waals surface area (Å²) < 4.78 is 0. The topological polar surface area (TPSA) is 64.9 Å². The van der Waals surface area contributed by atoms with Gasteiger partial charge in [0.25, 0.3) is 5.91 Å². The molecule has 17 heavy (non-hydrogen) atoms. The third-order valence-electron chi connectivity index (χ3n) is 2.06. The van der Waals surface area contributed by atoms with Crippen molar-refractivity contribution in [1.29, 1.82) is 5.26 Å². The van der Waals surface area contributed by atoms with E-state index in [1.807, 2.05) is 43.3 Å². The minimum Gasteiger partial charge on any atom is -0.360 e. The van der Waals surface area contributed by atoms with Gasteiger partial charge in [0.1, 0.15) is 11.6 Å². The number of amides is 1. The second-order valence-corrected chi connectivity index (χ2v) is 3.44. The molecule has 0 unspecified atom stereocenters. The van der Waals surface area contributed by atoms with Gasteiger partial charge in [-0.25, -0.2) is 0 Å². The van der Waals surface area contributed by atoms with Gasteiger partial charge in [0.2, 0.25) is 0 Å². The maximum absolute atomic E-state index is 11.5. The van der Waals surface area contributed by atoms with Crippen LogP contribution in [0.3, 0.4) is 0 Å². The van der Waals surface area contributed by atoms with Gasteiger partial charge >= 0.3 is 0 Å². The summed E-state index contributed by atoms with van der Waals surface area (Å²) in [6.07, 6.45) is 2.26. The normalized spacial score (nSPS) is 10.5. The average Bonchev–Trinajstić information content (AvgIpc) is 2.38. The molecule has 4 heteroatoms. The summed E-state index contributed by atoms with van der Waals surface area (Å²) in [4.78, 5) is 11.5. The second-order valence-electron chi connectivity index (χ2n) is 3.44. The molecular weight excluding hydrogens is 214 g/mol. The van der Waals surface area contributed by atoms with Gasteiger partial charge in [0.05, 0.1) is 0 Å². The molecule has 0 heterocycles. The summed E-state index contributed by atoms with van der Waals surface area (Å²) in [5.41, 5.74) is 0.908. The lowest BCUT2D eigenvalue weighted by molar-refractivity contribution is -0.117. The van der Waals surface area contributed by atoms with Gasteiger partial charge in [0.15, 0.2) is 0 Å². The lowest BCUT2D eigenvalue weighted by atomic mass is 10.2. The summed E-state index contributed by atoms with van der Waals surface area (Å²) in [7, 11) is 0. The monoisotopic (exact) mass is 229 g/mol. The Hall–Kier alpha value is -2.28. The molecule has 1 rings (SSSR count). The first-order chi connectivity index (χ1) is 8.27. The molecule has 0 fully saturated rings. The highest BCUT2D eigenvalue weighted by Gasteiger charge is 2.06. The minimum absolute atomic E-state index is 0.0716. The summed E-state index contributed by atoms with van der Waals surface area (Å²) in [5.74, 6) is -0.349. The van der Waals surface area contributed by atoms with Crippen molar-refractivity contribution in [2.75, 3.05) is 11.9 Å². The average molecular weight is 229 g/mol. The third kappa shape index (κ3) is 4.39. The van der Waals surface area contributed by atoms with Crippen LogP contribution in [-0.2, 0) is 4.79 Å². The molecule has 2 N–H and O–H groups in total. The van der Waals surface area contributed by atoms with Crippen molar-refractivity contribution < 1.29 is 4.79 Å². The van der Waals surface area contributed by atoms with Crippen LogP contribution in [0.4, 0.5) is 5.69 Å². The zero-order valence-electron chi connectivity index (χ0n) is 9.73. The Morgan fingerprint density at radius 3 is 2.71 bits per heavy atom. The molecule has 0 aliphatic rings. The first kappa shape index (κ1) is 12.8. The van der Waals surface area contributed by atoms with E-state index in [1.165, 1.54) is 6.20 Å². The molecule has 1 aromatic rings. The highest BCUT2D eigenvalue weighted by Crippen LogP contribution is 2.05. The fourth-order valence-electron chi connectivity index (χ4n) is 1.17. The maximum atomic E-state index is 11.5. The van der Waals surface area contributed by atoms with Crippen LogP contribution in [0.15, 0.2) is 42.1 Å². The largest absolute Gasteiger partial charge is 0.360 e. The molecule has 88 valence electrons. The number of nitriles is 1. The number of para-hydroxylation sites is 1. The molecule has 0 saturated carbocycles. The van der Waals surface area contributed by atoms with Gasteiger partial charge in [-0.15, -0.1) is 0 Å². The summed E-state index contributed by atoms with van der Waals surface area (Å²) in [6, 6.07) is 11.2.